The maximum absolute atomic E-state index is 14.2. The number of fused-ring (bicyclic) bond motifs is 2. The van der Waals surface area contributed by atoms with Crippen LogP contribution in [0.2, 0.25) is 0 Å². The highest BCUT2D eigenvalue weighted by Crippen LogP contribution is 2.42. The molecule has 1 fully saturated rings. The standard InChI is InChI=1S/C36H35N5O3/c1-44-36(29-13-7-8-14-30(29)39-35(36)43)22-33(42)41-20-19-40(18-17-25-9-3-2-4-10-25)24-32(41)34-37-23-31(38-34)28-16-15-26-11-5-6-12-27(26)21-28/h2-16,21,23,32H,17-20,22,24H2,1H3,(H,37,38)(H,39,43). The van der Waals surface area contributed by atoms with Crippen molar-refractivity contribution in [3.8, 4) is 11.3 Å². The molecule has 8 heteroatoms. The maximum atomic E-state index is 14.2. The molecular weight excluding hydrogens is 550 g/mol. The number of rotatable bonds is 8. The second kappa shape index (κ2) is 11.7. The van der Waals surface area contributed by atoms with Gasteiger partial charge in [-0.1, -0.05) is 84.9 Å². The monoisotopic (exact) mass is 585 g/mol. The smallest absolute Gasteiger partial charge is 0.261 e. The van der Waals surface area contributed by atoms with Gasteiger partial charge in [0.2, 0.25) is 5.91 Å². The van der Waals surface area contributed by atoms with Crippen LogP contribution in [-0.2, 0) is 26.3 Å². The normalized spacial score (nSPS) is 20.1. The van der Waals surface area contributed by atoms with Crippen molar-refractivity contribution < 1.29 is 14.3 Å². The number of imidazole rings is 1. The quantitative estimate of drug-likeness (QED) is 0.250. The van der Waals surface area contributed by atoms with E-state index >= 15 is 0 Å². The van der Waals surface area contributed by atoms with Gasteiger partial charge in [-0.25, -0.2) is 4.98 Å². The molecular formula is C36H35N5O3. The summed E-state index contributed by atoms with van der Waals surface area (Å²) in [5.74, 6) is 0.271. The summed E-state index contributed by atoms with van der Waals surface area (Å²) in [6.07, 6.45) is 2.68. The van der Waals surface area contributed by atoms with E-state index in [2.05, 4.69) is 69.8 Å². The van der Waals surface area contributed by atoms with Gasteiger partial charge in [0.1, 0.15) is 11.9 Å². The fourth-order valence-electron chi connectivity index (χ4n) is 6.57. The second-order valence-electron chi connectivity index (χ2n) is 11.6. The summed E-state index contributed by atoms with van der Waals surface area (Å²) in [4.78, 5) is 40.0. The first kappa shape index (κ1) is 28.0. The molecule has 0 aliphatic carbocycles. The fraction of sp³-hybridized carbons (Fsp3) is 0.250. The van der Waals surface area contributed by atoms with Crippen LogP contribution >= 0.6 is 0 Å². The van der Waals surface area contributed by atoms with Crippen molar-refractivity contribution in [2.75, 3.05) is 38.6 Å². The first-order chi connectivity index (χ1) is 21.5. The number of benzene rings is 4. The van der Waals surface area contributed by atoms with Crippen molar-refractivity contribution in [1.82, 2.24) is 19.8 Å². The van der Waals surface area contributed by atoms with Crippen LogP contribution in [0.3, 0.4) is 0 Å². The van der Waals surface area contributed by atoms with E-state index in [1.54, 1.807) is 0 Å². The van der Waals surface area contributed by atoms with E-state index in [0.717, 1.165) is 42.0 Å². The molecule has 5 aromatic rings. The highest BCUT2D eigenvalue weighted by atomic mass is 16.5. The molecule has 0 bridgehead atoms. The average Bonchev–Trinajstić information content (AvgIpc) is 3.67. The third-order valence-electron chi connectivity index (χ3n) is 9.04. The zero-order chi connectivity index (χ0) is 30.1. The topological polar surface area (TPSA) is 90.6 Å². The number of nitrogens with zero attached hydrogens (tertiary/aromatic N) is 3. The Morgan fingerprint density at radius 2 is 1.73 bits per heavy atom. The number of ether oxygens (including phenoxy) is 1. The van der Waals surface area contributed by atoms with Gasteiger partial charge in [-0.3, -0.25) is 14.5 Å². The molecule has 4 aromatic carbocycles. The number of H-pyrrole nitrogens is 1. The molecule has 0 spiro atoms. The molecule has 3 heterocycles. The minimum atomic E-state index is -1.37. The molecule has 8 nitrogen and oxygen atoms in total. The van der Waals surface area contributed by atoms with Crippen LogP contribution < -0.4 is 5.32 Å². The van der Waals surface area contributed by atoms with Gasteiger partial charge in [-0.15, -0.1) is 0 Å². The van der Waals surface area contributed by atoms with Crippen LogP contribution in [0.15, 0.2) is 103 Å². The van der Waals surface area contributed by atoms with Gasteiger partial charge >= 0.3 is 0 Å². The zero-order valence-corrected chi connectivity index (χ0v) is 24.7. The highest BCUT2D eigenvalue weighted by Gasteiger charge is 2.50. The van der Waals surface area contributed by atoms with E-state index in [1.165, 1.54) is 18.1 Å². The van der Waals surface area contributed by atoms with Crippen LogP contribution in [0, 0.1) is 0 Å². The molecule has 1 aromatic heterocycles. The molecule has 2 unspecified atom stereocenters. The van der Waals surface area contributed by atoms with Gasteiger partial charge in [0, 0.05) is 50.1 Å². The third-order valence-corrected chi connectivity index (χ3v) is 9.04. The summed E-state index contributed by atoms with van der Waals surface area (Å²) >= 11 is 0. The Morgan fingerprint density at radius 3 is 2.57 bits per heavy atom. The summed E-state index contributed by atoms with van der Waals surface area (Å²) in [5, 5.41) is 5.24. The van der Waals surface area contributed by atoms with E-state index in [0.29, 0.717) is 24.3 Å². The number of anilines is 1. The SMILES string of the molecule is COC1(CC(=O)N2CCN(CCc3ccccc3)CC2c2ncc(-c3ccc4ccccc4c3)[nH]2)C(=O)Nc2ccccc21. The van der Waals surface area contributed by atoms with Crippen molar-refractivity contribution >= 4 is 28.3 Å². The maximum Gasteiger partial charge on any atom is 0.261 e. The first-order valence-corrected chi connectivity index (χ1v) is 15.1. The van der Waals surface area contributed by atoms with E-state index in [9.17, 15) is 9.59 Å². The summed E-state index contributed by atoms with van der Waals surface area (Å²) < 4.78 is 5.85. The number of aromatic nitrogens is 2. The number of hydrogen-bond donors (Lipinski definition) is 2. The molecule has 222 valence electrons. The summed E-state index contributed by atoms with van der Waals surface area (Å²) in [6, 6.07) is 32.2. The van der Waals surface area contributed by atoms with E-state index in [-0.39, 0.29) is 24.3 Å². The number of carbonyl (C=O) groups is 2. The van der Waals surface area contributed by atoms with Gasteiger partial charge in [0.05, 0.1) is 18.3 Å². The average molecular weight is 586 g/mol. The molecule has 2 aliphatic rings. The van der Waals surface area contributed by atoms with Crippen LogP contribution in [0.1, 0.15) is 29.4 Å². The lowest BCUT2D eigenvalue weighted by Crippen LogP contribution is -2.53. The first-order valence-electron chi connectivity index (χ1n) is 15.1. The Kier molecular flexibility index (Phi) is 7.46. The number of amides is 2. The molecule has 7 rings (SSSR count). The number of piperazine rings is 1. The lowest BCUT2D eigenvalue weighted by Gasteiger charge is -2.41. The van der Waals surface area contributed by atoms with Crippen LogP contribution in [-0.4, -0.2) is 64.9 Å². The Labute approximate surface area is 256 Å². The third kappa shape index (κ3) is 5.16. The summed E-state index contributed by atoms with van der Waals surface area (Å²) in [5.41, 5.74) is 3.22. The van der Waals surface area contributed by atoms with Gasteiger partial charge < -0.3 is 19.9 Å². The van der Waals surface area contributed by atoms with Crippen molar-refractivity contribution in [3.05, 3.63) is 120 Å². The van der Waals surface area contributed by atoms with Gasteiger partial charge in [0.25, 0.3) is 5.91 Å². The number of hydrogen-bond acceptors (Lipinski definition) is 5. The largest absolute Gasteiger partial charge is 0.363 e. The predicted molar refractivity (Wildman–Crippen MR) is 171 cm³/mol. The Balaban J connectivity index is 1.17. The van der Waals surface area contributed by atoms with Crippen molar-refractivity contribution in [2.24, 2.45) is 0 Å². The Hall–Kier alpha value is -4.79. The van der Waals surface area contributed by atoms with Gasteiger partial charge in [0.15, 0.2) is 5.60 Å². The minimum absolute atomic E-state index is 0.0922. The number of para-hydroxylation sites is 1. The van der Waals surface area contributed by atoms with E-state index in [1.807, 2.05) is 53.6 Å². The Bertz CT molecular complexity index is 1820. The molecule has 1 saturated heterocycles. The second-order valence-corrected chi connectivity index (χ2v) is 11.6. The van der Waals surface area contributed by atoms with Gasteiger partial charge in [-0.05, 0) is 34.9 Å². The number of aromatic amines is 1. The van der Waals surface area contributed by atoms with Crippen molar-refractivity contribution in [2.45, 2.75) is 24.5 Å². The molecule has 44 heavy (non-hydrogen) atoms. The zero-order valence-electron chi connectivity index (χ0n) is 24.7. The number of carbonyl (C=O) groups excluding carboxylic acids is 2. The molecule has 2 N–H and O–H groups in total. The van der Waals surface area contributed by atoms with Crippen LogP contribution in [0.5, 0.6) is 0 Å². The van der Waals surface area contributed by atoms with Crippen molar-refractivity contribution in [3.63, 3.8) is 0 Å². The summed E-state index contributed by atoms with van der Waals surface area (Å²) in [7, 11) is 1.50. The fourth-order valence-corrected chi connectivity index (χ4v) is 6.57. The van der Waals surface area contributed by atoms with Crippen LogP contribution in [0.4, 0.5) is 5.69 Å². The Morgan fingerprint density at radius 1 is 0.955 bits per heavy atom. The van der Waals surface area contributed by atoms with E-state index in [4.69, 9.17) is 9.72 Å². The van der Waals surface area contributed by atoms with Crippen LogP contribution in [0.25, 0.3) is 22.0 Å². The van der Waals surface area contributed by atoms with E-state index < -0.39 is 5.60 Å². The highest BCUT2D eigenvalue weighted by molar-refractivity contribution is 6.07. The predicted octanol–water partition coefficient (Wildman–Crippen LogP) is 5.54. The number of nitrogens with one attached hydrogen (secondary N) is 2. The molecule has 0 saturated carbocycles. The lowest BCUT2D eigenvalue weighted by molar-refractivity contribution is -0.152. The lowest BCUT2D eigenvalue weighted by atomic mass is 9.90. The molecule has 2 aliphatic heterocycles. The van der Waals surface area contributed by atoms with Crippen molar-refractivity contribution in [1.29, 1.82) is 0 Å². The molecule has 2 atom stereocenters. The summed E-state index contributed by atoms with van der Waals surface area (Å²) in [6.45, 7) is 2.76. The number of methoxy groups -OCH3 is 1. The molecule has 0 radical (unpaired) electrons. The van der Waals surface area contributed by atoms with Gasteiger partial charge in [-0.2, -0.15) is 0 Å². The molecule has 2 amide bonds. The minimum Gasteiger partial charge on any atom is -0.363 e.